The normalized spacial score (nSPS) is 17.7. The fourth-order valence-electron chi connectivity index (χ4n) is 1.44. The van der Waals surface area contributed by atoms with Crippen molar-refractivity contribution in [1.29, 1.82) is 0 Å². The summed E-state index contributed by atoms with van der Waals surface area (Å²) in [5.74, 6) is -2.10. The van der Waals surface area contributed by atoms with E-state index in [1.807, 2.05) is 0 Å². The van der Waals surface area contributed by atoms with Crippen molar-refractivity contribution in [3.63, 3.8) is 0 Å². The van der Waals surface area contributed by atoms with E-state index in [1.54, 1.807) is 6.08 Å². The van der Waals surface area contributed by atoms with E-state index >= 15 is 0 Å². The predicted molar refractivity (Wildman–Crippen MR) is 65.0 cm³/mol. The van der Waals surface area contributed by atoms with Crippen LogP contribution in [0.2, 0.25) is 0 Å². The molecule has 0 spiro atoms. The molecule has 0 saturated carbocycles. The number of carboxylic acid groups (broad SMARTS) is 2. The molecule has 0 aliphatic carbocycles. The summed E-state index contributed by atoms with van der Waals surface area (Å²) in [5.41, 5.74) is 0.0445. The molecule has 1 heterocycles. The number of aliphatic carboxylic acids is 2. The summed E-state index contributed by atoms with van der Waals surface area (Å²) < 4.78 is 0. The number of amides is 1. The lowest BCUT2D eigenvalue weighted by atomic mass is 10.1. The zero-order chi connectivity index (χ0) is 14.3. The van der Waals surface area contributed by atoms with Crippen LogP contribution < -0.4 is 0 Å². The van der Waals surface area contributed by atoms with E-state index in [2.05, 4.69) is 13.2 Å². The maximum absolute atomic E-state index is 11.5. The Hall–Kier alpha value is -2.11. The van der Waals surface area contributed by atoms with Crippen LogP contribution >= 0.6 is 0 Å². The molecule has 1 aliphatic heterocycles. The lowest BCUT2D eigenvalue weighted by molar-refractivity contribution is -0.135. The Kier molecular flexibility index (Phi) is 6.41. The van der Waals surface area contributed by atoms with Crippen LogP contribution in [0.4, 0.5) is 0 Å². The molecule has 100 valence electrons. The van der Waals surface area contributed by atoms with E-state index in [9.17, 15) is 9.59 Å². The highest BCUT2D eigenvalue weighted by atomic mass is 16.4. The molecule has 1 unspecified atom stereocenters. The van der Waals surface area contributed by atoms with Gasteiger partial charge in [-0.1, -0.05) is 12.7 Å². The average molecular weight is 255 g/mol. The Labute approximate surface area is 105 Å². The van der Waals surface area contributed by atoms with Gasteiger partial charge in [-0.2, -0.15) is 0 Å². The van der Waals surface area contributed by atoms with Crippen LogP contribution in [0.1, 0.15) is 13.3 Å². The molecule has 0 aromatic carbocycles. The third-order valence-electron chi connectivity index (χ3n) is 2.31. The molecule has 6 nitrogen and oxygen atoms in total. The molecule has 6 heteroatoms. The molecule has 1 aliphatic rings. The molecule has 2 N–H and O–H groups in total. The highest BCUT2D eigenvalue weighted by molar-refractivity contribution is 5.88. The van der Waals surface area contributed by atoms with E-state index < -0.39 is 11.9 Å². The fourth-order valence-corrected chi connectivity index (χ4v) is 1.44. The number of hydrogen-bond donors (Lipinski definition) is 2. The van der Waals surface area contributed by atoms with Crippen LogP contribution in [-0.4, -0.2) is 46.0 Å². The number of carbonyl (C=O) groups is 3. The quantitative estimate of drug-likeness (QED) is 0.571. The number of hydrogen-bond acceptors (Lipinski definition) is 3. The second-order valence-corrected chi connectivity index (χ2v) is 3.82. The molecule has 18 heavy (non-hydrogen) atoms. The Balaban J connectivity index is 0.000000631. The van der Waals surface area contributed by atoms with E-state index in [-0.39, 0.29) is 23.9 Å². The Morgan fingerprint density at radius 2 is 2.00 bits per heavy atom. The second-order valence-electron chi connectivity index (χ2n) is 3.82. The van der Waals surface area contributed by atoms with E-state index in [4.69, 9.17) is 15.0 Å². The summed E-state index contributed by atoms with van der Waals surface area (Å²) in [4.78, 5) is 32.5. The number of carboxylic acids is 2. The third kappa shape index (κ3) is 5.29. The largest absolute Gasteiger partial charge is 0.481 e. The first kappa shape index (κ1) is 15.9. The van der Waals surface area contributed by atoms with Crippen molar-refractivity contribution in [3.05, 3.63) is 24.8 Å². The SMILES string of the molecule is C=CC1CCN(CC(=C)C(=O)O)C1=O.CC(=O)O. The molecule has 0 aromatic rings. The van der Waals surface area contributed by atoms with Crippen LogP contribution in [0.15, 0.2) is 24.8 Å². The monoisotopic (exact) mass is 255 g/mol. The third-order valence-corrected chi connectivity index (χ3v) is 2.31. The van der Waals surface area contributed by atoms with Gasteiger partial charge in [-0.3, -0.25) is 9.59 Å². The first-order valence-electron chi connectivity index (χ1n) is 5.31. The number of rotatable bonds is 4. The van der Waals surface area contributed by atoms with Crippen molar-refractivity contribution in [3.8, 4) is 0 Å². The van der Waals surface area contributed by atoms with Gasteiger partial charge >= 0.3 is 5.97 Å². The highest BCUT2D eigenvalue weighted by Gasteiger charge is 2.29. The van der Waals surface area contributed by atoms with E-state index in [0.717, 1.165) is 13.3 Å². The van der Waals surface area contributed by atoms with Crippen molar-refractivity contribution >= 4 is 17.8 Å². The summed E-state index contributed by atoms with van der Waals surface area (Å²) in [6.07, 6.45) is 2.32. The minimum Gasteiger partial charge on any atom is -0.481 e. The Morgan fingerprint density at radius 3 is 2.33 bits per heavy atom. The molecule has 1 amide bonds. The predicted octanol–water partition coefficient (Wildman–Crippen LogP) is 0.753. The lowest BCUT2D eigenvalue weighted by Gasteiger charge is -2.15. The van der Waals surface area contributed by atoms with Gasteiger partial charge in [0, 0.05) is 19.0 Å². The van der Waals surface area contributed by atoms with Crippen LogP contribution in [0, 0.1) is 5.92 Å². The molecular formula is C12H17NO5. The van der Waals surface area contributed by atoms with Gasteiger partial charge in [0.1, 0.15) is 0 Å². The molecule has 1 saturated heterocycles. The van der Waals surface area contributed by atoms with Gasteiger partial charge < -0.3 is 15.1 Å². The molecule has 0 bridgehead atoms. The lowest BCUT2D eigenvalue weighted by Crippen LogP contribution is -2.30. The molecule has 0 radical (unpaired) electrons. The van der Waals surface area contributed by atoms with Gasteiger partial charge in [-0.25, -0.2) is 4.79 Å². The maximum atomic E-state index is 11.5. The summed E-state index contributed by atoms with van der Waals surface area (Å²) in [5, 5.41) is 16.0. The molecular weight excluding hydrogens is 238 g/mol. The van der Waals surface area contributed by atoms with Gasteiger partial charge in [0.15, 0.2) is 0 Å². The van der Waals surface area contributed by atoms with Crippen molar-refractivity contribution in [2.75, 3.05) is 13.1 Å². The minimum atomic E-state index is -1.06. The fraction of sp³-hybridized carbons (Fsp3) is 0.417. The van der Waals surface area contributed by atoms with E-state index in [0.29, 0.717) is 6.54 Å². The van der Waals surface area contributed by atoms with E-state index in [1.165, 1.54) is 4.90 Å². The summed E-state index contributed by atoms with van der Waals surface area (Å²) in [6.45, 7) is 8.72. The van der Waals surface area contributed by atoms with Gasteiger partial charge in [0.05, 0.1) is 12.5 Å². The standard InChI is InChI=1S/C10H13NO3.C2H4O2/c1-3-8-4-5-11(9(8)12)6-7(2)10(13)14;1-2(3)4/h3,8H,1-2,4-6H2,(H,13,14);1H3,(H,3,4). The highest BCUT2D eigenvalue weighted by Crippen LogP contribution is 2.19. The van der Waals surface area contributed by atoms with Crippen LogP contribution in [0.25, 0.3) is 0 Å². The summed E-state index contributed by atoms with van der Waals surface area (Å²) in [7, 11) is 0. The minimum absolute atomic E-state index is 0.0445. The zero-order valence-corrected chi connectivity index (χ0v) is 10.3. The molecule has 1 atom stereocenters. The van der Waals surface area contributed by atoms with Crippen LogP contribution in [0.3, 0.4) is 0 Å². The van der Waals surface area contributed by atoms with Gasteiger partial charge in [-0.15, -0.1) is 6.58 Å². The van der Waals surface area contributed by atoms with Gasteiger partial charge in [0.2, 0.25) is 5.91 Å². The van der Waals surface area contributed by atoms with Gasteiger partial charge in [-0.05, 0) is 6.42 Å². The summed E-state index contributed by atoms with van der Waals surface area (Å²) >= 11 is 0. The first-order chi connectivity index (χ1) is 8.29. The average Bonchev–Trinajstić information content (AvgIpc) is 2.59. The van der Waals surface area contributed by atoms with Gasteiger partial charge in [0.25, 0.3) is 5.97 Å². The number of likely N-dealkylation sites (tertiary alicyclic amines) is 1. The zero-order valence-electron chi connectivity index (χ0n) is 10.3. The molecule has 1 fully saturated rings. The maximum Gasteiger partial charge on any atom is 0.332 e. The first-order valence-corrected chi connectivity index (χ1v) is 5.31. The van der Waals surface area contributed by atoms with Crippen molar-refractivity contribution < 1.29 is 24.6 Å². The Morgan fingerprint density at radius 1 is 1.50 bits per heavy atom. The number of nitrogens with zero attached hydrogens (tertiary/aromatic N) is 1. The van der Waals surface area contributed by atoms with Crippen LogP contribution in [-0.2, 0) is 14.4 Å². The smallest absolute Gasteiger partial charge is 0.332 e. The molecule has 1 rings (SSSR count). The topological polar surface area (TPSA) is 94.9 Å². The second kappa shape index (κ2) is 7.26. The van der Waals surface area contributed by atoms with Crippen LogP contribution in [0.5, 0.6) is 0 Å². The number of carbonyl (C=O) groups excluding carboxylic acids is 1. The molecule has 0 aromatic heterocycles. The van der Waals surface area contributed by atoms with Crippen molar-refractivity contribution in [2.45, 2.75) is 13.3 Å². The Bertz CT molecular complexity index is 371. The summed E-state index contributed by atoms with van der Waals surface area (Å²) in [6, 6.07) is 0. The van der Waals surface area contributed by atoms with Crippen molar-refractivity contribution in [2.24, 2.45) is 5.92 Å². The van der Waals surface area contributed by atoms with Crippen molar-refractivity contribution in [1.82, 2.24) is 4.90 Å².